The summed E-state index contributed by atoms with van der Waals surface area (Å²) in [6.07, 6.45) is 1.46. The third-order valence-electron chi connectivity index (χ3n) is 5.21. The second kappa shape index (κ2) is 10.4. The van der Waals surface area contributed by atoms with Crippen LogP contribution in [0.1, 0.15) is 29.7 Å². The number of aromatic amines is 1. The maximum atomic E-state index is 12.7. The topological polar surface area (TPSA) is 162 Å². The van der Waals surface area contributed by atoms with Crippen LogP contribution in [0.3, 0.4) is 0 Å². The molecule has 0 spiro atoms. The summed E-state index contributed by atoms with van der Waals surface area (Å²) < 4.78 is 5.45. The van der Waals surface area contributed by atoms with Crippen molar-refractivity contribution in [3.8, 4) is 0 Å². The van der Waals surface area contributed by atoms with Gasteiger partial charge in [0.05, 0.1) is 22.7 Å². The van der Waals surface area contributed by atoms with Gasteiger partial charge in [0, 0.05) is 26.3 Å². The number of carbonyl (C=O) groups is 5. The number of imidazole rings is 1. The van der Waals surface area contributed by atoms with E-state index in [9.17, 15) is 24.0 Å². The largest absolute Gasteiger partial charge is 0.480 e. The first-order chi connectivity index (χ1) is 15.6. The molecule has 2 aliphatic rings. The van der Waals surface area contributed by atoms with Gasteiger partial charge >= 0.3 is 5.97 Å². The van der Waals surface area contributed by atoms with Gasteiger partial charge in [-0.2, -0.15) is 0 Å². The van der Waals surface area contributed by atoms with Crippen LogP contribution in [0.15, 0.2) is 11.0 Å². The van der Waals surface area contributed by atoms with Gasteiger partial charge in [0.15, 0.2) is 11.0 Å². The highest BCUT2D eigenvalue weighted by Crippen LogP contribution is 2.30. The number of carbonyl (C=O) groups excluding carboxylic acids is 4. The molecule has 4 amide bonds. The molecule has 2 aliphatic heterocycles. The number of ether oxygens (including phenoxy) is 1. The predicted octanol–water partition coefficient (Wildman–Crippen LogP) is 0.635. The van der Waals surface area contributed by atoms with Gasteiger partial charge in [0.1, 0.15) is 6.54 Å². The average Bonchev–Trinajstić information content (AvgIpc) is 3.28. The number of hydrogen-bond donors (Lipinski definition) is 3. The molecule has 2 fully saturated rings. The molecule has 2 saturated heterocycles. The Hall–Kier alpha value is -2.90. The highest BCUT2D eigenvalue weighted by molar-refractivity contribution is 8.18. The molecule has 3 heterocycles. The molecule has 2 atom stereocenters. The van der Waals surface area contributed by atoms with Crippen LogP contribution in [-0.2, 0) is 25.5 Å². The minimum atomic E-state index is -1.33. The SMILES string of the molecule is CCc1[nH]c(C(=O)N[C@H]2CCN(C(=O)/C=C3\SC(=O)N(CC(=O)O)C3=O)C[C@H]2OC)nc1Cl. The molecule has 33 heavy (non-hydrogen) atoms. The lowest BCUT2D eigenvalue weighted by Crippen LogP contribution is -2.56. The summed E-state index contributed by atoms with van der Waals surface area (Å²) in [4.78, 5) is 68.9. The molecule has 1 aromatic heterocycles. The second-order valence-corrected chi connectivity index (χ2v) is 8.65. The Balaban J connectivity index is 1.63. The van der Waals surface area contributed by atoms with Crippen LogP contribution in [0, 0.1) is 0 Å². The number of imide groups is 1. The van der Waals surface area contributed by atoms with E-state index in [0.29, 0.717) is 35.2 Å². The number of carboxylic acids is 1. The van der Waals surface area contributed by atoms with Crippen molar-refractivity contribution in [2.24, 2.45) is 0 Å². The van der Waals surface area contributed by atoms with Gasteiger partial charge in [-0.05, 0) is 24.6 Å². The van der Waals surface area contributed by atoms with Crippen LogP contribution < -0.4 is 5.32 Å². The van der Waals surface area contributed by atoms with Crippen molar-refractivity contribution >= 4 is 52.3 Å². The van der Waals surface area contributed by atoms with E-state index in [-0.39, 0.29) is 29.0 Å². The average molecular weight is 500 g/mol. The number of nitrogens with zero attached hydrogens (tertiary/aromatic N) is 3. The van der Waals surface area contributed by atoms with Crippen molar-refractivity contribution in [3.05, 3.63) is 27.7 Å². The molecule has 1 aromatic rings. The first-order valence-electron chi connectivity index (χ1n) is 9.98. The van der Waals surface area contributed by atoms with Crippen molar-refractivity contribution in [1.29, 1.82) is 0 Å². The van der Waals surface area contributed by atoms with Gasteiger partial charge in [-0.15, -0.1) is 0 Å². The number of hydrogen-bond acceptors (Lipinski definition) is 8. The predicted molar refractivity (Wildman–Crippen MR) is 117 cm³/mol. The number of thioether (sulfide) groups is 1. The maximum absolute atomic E-state index is 12.7. The molecule has 14 heteroatoms. The van der Waals surface area contributed by atoms with E-state index in [1.54, 1.807) is 0 Å². The van der Waals surface area contributed by atoms with Crippen molar-refractivity contribution in [2.45, 2.75) is 31.9 Å². The first-order valence-corrected chi connectivity index (χ1v) is 11.2. The number of aromatic nitrogens is 2. The molecule has 0 aromatic carbocycles. The Morgan fingerprint density at radius 1 is 1.39 bits per heavy atom. The zero-order valence-electron chi connectivity index (χ0n) is 17.8. The Morgan fingerprint density at radius 3 is 2.73 bits per heavy atom. The highest BCUT2D eigenvalue weighted by atomic mass is 35.5. The van der Waals surface area contributed by atoms with Crippen LogP contribution >= 0.6 is 23.4 Å². The van der Waals surface area contributed by atoms with Gasteiger partial charge in [-0.1, -0.05) is 18.5 Å². The molecule has 12 nitrogen and oxygen atoms in total. The summed E-state index contributed by atoms with van der Waals surface area (Å²) in [5.41, 5.74) is 0.651. The van der Waals surface area contributed by atoms with E-state index in [1.807, 2.05) is 6.92 Å². The van der Waals surface area contributed by atoms with Gasteiger partial charge in [0.2, 0.25) is 5.91 Å². The Labute approximate surface area is 197 Å². The molecule has 0 unspecified atom stereocenters. The van der Waals surface area contributed by atoms with E-state index in [1.165, 1.54) is 12.0 Å². The number of aliphatic carboxylic acids is 1. The zero-order chi connectivity index (χ0) is 24.3. The van der Waals surface area contributed by atoms with Crippen molar-refractivity contribution < 1.29 is 33.8 Å². The summed E-state index contributed by atoms with van der Waals surface area (Å²) in [5, 5.41) is 11.1. The lowest BCUT2D eigenvalue weighted by Gasteiger charge is -2.37. The van der Waals surface area contributed by atoms with Crippen molar-refractivity contribution in [1.82, 2.24) is 25.1 Å². The number of aryl methyl sites for hydroxylation is 1. The summed E-state index contributed by atoms with van der Waals surface area (Å²) >= 11 is 6.50. The van der Waals surface area contributed by atoms with E-state index >= 15 is 0 Å². The number of H-pyrrole nitrogens is 1. The molecule has 3 N–H and O–H groups in total. The van der Waals surface area contributed by atoms with E-state index < -0.39 is 47.6 Å². The van der Waals surface area contributed by atoms with Gasteiger partial charge < -0.3 is 25.0 Å². The standard InChI is InChI=1S/C19H22ClN5O7S/c1-3-9-15(20)23-16(21-9)17(29)22-10-4-5-24(7-11(10)32-2)13(26)6-12-18(30)25(8-14(27)28)19(31)33-12/h6,10-11H,3-5,7-8H2,1-2H3,(H,21,23)(H,22,29)(H,27,28)/b12-6-/t10-,11+/m0/s1. The van der Waals surface area contributed by atoms with Crippen LogP contribution in [0.25, 0.3) is 0 Å². The summed E-state index contributed by atoms with van der Waals surface area (Å²) in [5.74, 6) is -3.04. The molecule has 178 valence electrons. The lowest BCUT2D eigenvalue weighted by molar-refractivity contribution is -0.140. The fraction of sp³-hybridized carbons (Fsp3) is 0.474. The number of halogens is 1. The molecule has 0 saturated carbocycles. The third-order valence-corrected chi connectivity index (χ3v) is 6.43. The molecule has 0 radical (unpaired) electrons. The summed E-state index contributed by atoms with van der Waals surface area (Å²) in [6, 6.07) is -0.400. The number of methoxy groups -OCH3 is 1. The second-order valence-electron chi connectivity index (χ2n) is 7.30. The number of piperidine rings is 1. The zero-order valence-corrected chi connectivity index (χ0v) is 19.4. The Bertz CT molecular complexity index is 1030. The van der Waals surface area contributed by atoms with E-state index in [0.717, 1.165) is 6.08 Å². The molecule has 0 bridgehead atoms. The van der Waals surface area contributed by atoms with Crippen molar-refractivity contribution in [2.75, 3.05) is 26.7 Å². The normalized spacial score (nSPS) is 22.2. The van der Waals surface area contributed by atoms with Crippen LogP contribution in [0.2, 0.25) is 5.15 Å². The van der Waals surface area contributed by atoms with Gasteiger partial charge in [-0.25, -0.2) is 4.98 Å². The number of rotatable bonds is 7. The van der Waals surface area contributed by atoms with Gasteiger partial charge in [-0.3, -0.25) is 28.9 Å². The smallest absolute Gasteiger partial charge is 0.323 e. The molecule has 0 aliphatic carbocycles. The van der Waals surface area contributed by atoms with Crippen LogP contribution in [0.4, 0.5) is 4.79 Å². The number of nitrogens with one attached hydrogen (secondary N) is 2. The Kier molecular flexibility index (Phi) is 7.76. The number of carboxylic acid groups (broad SMARTS) is 1. The summed E-state index contributed by atoms with van der Waals surface area (Å²) in [6.45, 7) is 1.50. The first kappa shape index (κ1) is 24.7. The minimum absolute atomic E-state index is 0.0855. The van der Waals surface area contributed by atoms with E-state index in [4.69, 9.17) is 21.4 Å². The fourth-order valence-electron chi connectivity index (χ4n) is 3.46. The number of likely N-dealkylation sites (tertiary alicyclic amines) is 1. The molecule has 3 rings (SSSR count). The van der Waals surface area contributed by atoms with Crippen molar-refractivity contribution in [3.63, 3.8) is 0 Å². The van der Waals surface area contributed by atoms with E-state index in [2.05, 4.69) is 15.3 Å². The number of amides is 4. The minimum Gasteiger partial charge on any atom is -0.480 e. The molecular formula is C19H22ClN5O7S. The molecular weight excluding hydrogens is 478 g/mol. The maximum Gasteiger partial charge on any atom is 0.323 e. The van der Waals surface area contributed by atoms with Crippen LogP contribution in [-0.4, -0.2) is 92.7 Å². The fourth-order valence-corrected chi connectivity index (χ4v) is 4.53. The van der Waals surface area contributed by atoms with Crippen LogP contribution in [0.5, 0.6) is 0 Å². The highest BCUT2D eigenvalue weighted by Gasteiger charge is 2.38. The third kappa shape index (κ3) is 5.54. The summed E-state index contributed by atoms with van der Waals surface area (Å²) in [7, 11) is 1.45. The Morgan fingerprint density at radius 2 is 2.12 bits per heavy atom. The quantitative estimate of drug-likeness (QED) is 0.457. The lowest BCUT2D eigenvalue weighted by atomic mass is 10.0. The monoisotopic (exact) mass is 499 g/mol. The van der Waals surface area contributed by atoms with Gasteiger partial charge in [0.25, 0.3) is 17.1 Å².